The predicted molar refractivity (Wildman–Crippen MR) is 106 cm³/mol. The van der Waals surface area contributed by atoms with Crippen molar-refractivity contribution in [2.75, 3.05) is 45.2 Å². The van der Waals surface area contributed by atoms with E-state index in [1.165, 1.54) is 7.11 Å². The van der Waals surface area contributed by atoms with Crippen molar-refractivity contribution >= 4 is 11.7 Å². The highest BCUT2D eigenvalue weighted by molar-refractivity contribution is 5.90. The van der Waals surface area contributed by atoms with Crippen LogP contribution in [0.1, 0.15) is 29.3 Å². The van der Waals surface area contributed by atoms with Gasteiger partial charge in [-0.05, 0) is 44.3 Å². The lowest BCUT2D eigenvalue weighted by Gasteiger charge is -2.34. The van der Waals surface area contributed by atoms with Crippen molar-refractivity contribution in [1.82, 2.24) is 4.90 Å². The quantitative estimate of drug-likeness (QED) is 0.593. The third-order valence-electron chi connectivity index (χ3n) is 4.93. The maximum absolute atomic E-state index is 13.9. The molecular formula is C22H25FN2O2. The topological polar surface area (TPSA) is 32.8 Å². The first-order chi connectivity index (χ1) is 12.9. The second kappa shape index (κ2) is 7.98. The number of allylic oxidation sites excluding steroid dienone is 4. The number of alkyl halides is 1. The van der Waals surface area contributed by atoms with E-state index in [4.69, 9.17) is 4.74 Å². The average Bonchev–Trinajstić information content (AvgIpc) is 2.67. The number of methoxy groups -OCH3 is 1. The van der Waals surface area contributed by atoms with E-state index >= 15 is 0 Å². The third-order valence-corrected chi connectivity index (χ3v) is 4.93. The molecule has 5 heteroatoms. The molecule has 0 aromatic heterocycles. The van der Waals surface area contributed by atoms with Crippen LogP contribution in [0.15, 0.2) is 42.0 Å². The highest BCUT2D eigenvalue weighted by Crippen LogP contribution is 2.25. The van der Waals surface area contributed by atoms with Crippen molar-refractivity contribution in [2.45, 2.75) is 19.0 Å². The van der Waals surface area contributed by atoms with Crippen molar-refractivity contribution in [1.29, 1.82) is 0 Å². The number of likely N-dealkylation sites (N-methyl/N-ethyl adjacent to an activating group) is 1. The number of esters is 1. The Morgan fingerprint density at radius 2 is 1.96 bits per heavy atom. The first-order valence-electron chi connectivity index (χ1n) is 9.14. The van der Waals surface area contributed by atoms with Gasteiger partial charge < -0.3 is 14.5 Å². The Morgan fingerprint density at radius 1 is 1.22 bits per heavy atom. The van der Waals surface area contributed by atoms with E-state index in [2.05, 4.69) is 28.7 Å². The van der Waals surface area contributed by atoms with Crippen LogP contribution in [0.3, 0.4) is 0 Å². The molecule has 1 heterocycles. The largest absolute Gasteiger partial charge is 0.465 e. The number of hydrogen-bond donors (Lipinski definition) is 0. The number of nitrogens with zero attached hydrogens (tertiary/aromatic N) is 2. The van der Waals surface area contributed by atoms with Crippen molar-refractivity contribution in [3.05, 3.63) is 53.1 Å². The molecule has 0 amide bonds. The minimum Gasteiger partial charge on any atom is -0.465 e. The van der Waals surface area contributed by atoms with Gasteiger partial charge in [-0.3, -0.25) is 0 Å². The summed E-state index contributed by atoms with van der Waals surface area (Å²) in [5, 5.41) is 0. The summed E-state index contributed by atoms with van der Waals surface area (Å²) in [5.74, 6) is 5.92. The SMILES string of the molecule is COC(=O)c1ccc(N2CCN(C)CC2)c(C#CC2=CCC(C)(F)C=C2)c1. The number of carbonyl (C=O) groups excluding carboxylic acids is 1. The molecule has 2 aliphatic rings. The van der Waals surface area contributed by atoms with Gasteiger partial charge in [-0.2, -0.15) is 0 Å². The zero-order chi connectivity index (χ0) is 19.4. The average molecular weight is 368 g/mol. The second-order valence-corrected chi connectivity index (χ2v) is 7.24. The molecule has 1 fully saturated rings. The van der Waals surface area contributed by atoms with Gasteiger partial charge in [0.1, 0.15) is 5.67 Å². The molecule has 1 saturated heterocycles. The number of carbonyl (C=O) groups is 1. The standard InChI is InChI=1S/C22H25FN2O2/c1-22(23)10-8-17(9-11-22)4-5-18-16-19(21(26)27-3)6-7-20(18)25-14-12-24(2)13-15-25/h6-10,16H,11-15H2,1-3H3. The van der Waals surface area contributed by atoms with Crippen LogP contribution in [0.5, 0.6) is 0 Å². The van der Waals surface area contributed by atoms with Crippen LogP contribution in [-0.2, 0) is 4.74 Å². The van der Waals surface area contributed by atoms with Gasteiger partial charge in [-0.15, -0.1) is 0 Å². The molecule has 0 bridgehead atoms. The summed E-state index contributed by atoms with van der Waals surface area (Å²) in [6, 6.07) is 5.49. The van der Waals surface area contributed by atoms with Crippen LogP contribution in [-0.4, -0.2) is 56.9 Å². The lowest BCUT2D eigenvalue weighted by molar-refractivity contribution is 0.0600. The van der Waals surface area contributed by atoms with E-state index in [0.717, 1.165) is 43.0 Å². The van der Waals surface area contributed by atoms with E-state index in [1.54, 1.807) is 31.2 Å². The van der Waals surface area contributed by atoms with E-state index < -0.39 is 5.67 Å². The molecule has 4 nitrogen and oxygen atoms in total. The molecule has 0 saturated carbocycles. The number of rotatable bonds is 2. The molecule has 142 valence electrons. The molecule has 1 aromatic rings. The van der Waals surface area contributed by atoms with Gasteiger partial charge in [0.15, 0.2) is 0 Å². The first kappa shape index (κ1) is 19.2. The molecular weight excluding hydrogens is 343 g/mol. The van der Waals surface area contributed by atoms with E-state index in [0.29, 0.717) is 12.0 Å². The molecule has 1 aliphatic carbocycles. The lowest BCUT2D eigenvalue weighted by Crippen LogP contribution is -2.44. The zero-order valence-electron chi connectivity index (χ0n) is 16.1. The van der Waals surface area contributed by atoms with Gasteiger partial charge in [-0.25, -0.2) is 9.18 Å². The second-order valence-electron chi connectivity index (χ2n) is 7.24. The molecule has 1 unspecified atom stereocenters. The van der Waals surface area contributed by atoms with Crippen LogP contribution in [0.4, 0.5) is 10.1 Å². The molecule has 1 atom stereocenters. The first-order valence-corrected chi connectivity index (χ1v) is 9.14. The lowest BCUT2D eigenvalue weighted by atomic mass is 9.96. The van der Waals surface area contributed by atoms with E-state index in [1.807, 2.05) is 12.1 Å². The molecule has 27 heavy (non-hydrogen) atoms. The highest BCUT2D eigenvalue weighted by atomic mass is 19.1. The van der Waals surface area contributed by atoms with Gasteiger partial charge >= 0.3 is 5.97 Å². The summed E-state index contributed by atoms with van der Waals surface area (Å²) in [7, 11) is 3.48. The van der Waals surface area contributed by atoms with Crippen molar-refractivity contribution in [3.63, 3.8) is 0 Å². The number of ether oxygens (including phenoxy) is 1. The summed E-state index contributed by atoms with van der Waals surface area (Å²) in [6.07, 6.45) is 5.40. The molecule has 1 aliphatic heterocycles. The van der Waals surface area contributed by atoms with Gasteiger partial charge in [0.05, 0.1) is 18.4 Å². The smallest absolute Gasteiger partial charge is 0.337 e. The fraction of sp³-hybridized carbons (Fsp3) is 0.409. The summed E-state index contributed by atoms with van der Waals surface area (Å²) >= 11 is 0. The fourth-order valence-electron chi connectivity index (χ4n) is 3.15. The van der Waals surface area contributed by atoms with Crippen molar-refractivity contribution < 1.29 is 13.9 Å². The predicted octanol–water partition coefficient (Wildman–Crippen LogP) is 3.19. The fourth-order valence-corrected chi connectivity index (χ4v) is 3.15. The Hall–Kier alpha value is -2.58. The Labute approximate surface area is 160 Å². The molecule has 0 radical (unpaired) electrons. The minimum absolute atomic E-state index is 0.320. The normalized spacial score (nSPS) is 22.7. The molecule has 3 rings (SSSR count). The van der Waals surface area contributed by atoms with Crippen LogP contribution in [0, 0.1) is 11.8 Å². The summed E-state index contributed by atoms with van der Waals surface area (Å²) < 4.78 is 18.7. The highest BCUT2D eigenvalue weighted by Gasteiger charge is 2.21. The molecule has 1 aromatic carbocycles. The monoisotopic (exact) mass is 368 g/mol. The summed E-state index contributed by atoms with van der Waals surface area (Å²) in [5.41, 5.74) is 1.76. The van der Waals surface area contributed by atoms with Crippen LogP contribution < -0.4 is 4.90 Å². The van der Waals surface area contributed by atoms with Crippen molar-refractivity contribution in [3.8, 4) is 11.8 Å². The Kier molecular flexibility index (Phi) is 5.67. The number of halogens is 1. The van der Waals surface area contributed by atoms with Crippen LogP contribution >= 0.6 is 0 Å². The van der Waals surface area contributed by atoms with Crippen LogP contribution in [0.2, 0.25) is 0 Å². The zero-order valence-corrected chi connectivity index (χ0v) is 16.1. The van der Waals surface area contributed by atoms with E-state index in [9.17, 15) is 9.18 Å². The number of hydrogen-bond acceptors (Lipinski definition) is 4. The third kappa shape index (κ3) is 4.78. The van der Waals surface area contributed by atoms with Crippen molar-refractivity contribution in [2.24, 2.45) is 0 Å². The van der Waals surface area contributed by atoms with Crippen LogP contribution in [0.25, 0.3) is 0 Å². The summed E-state index contributed by atoms with van der Waals surface area (Å²) in [6.45, 7) is 5.33. The molecule has 0 N–H and O–H groups in total. The Balaban J connectivity index is 1.92. The van der Waals surface area contributed by atoms with Gasteiger partial charge in [0.2, 0.25) is 0 Å². The maximum Gasteiger partial charge on any atom is 0.337 e. The Morgan fingerprint density at radius 3 is 2.59 bits per heavy atom. The number of piperazine rings is 1. The van der Waals surface area contributed by atoms with Gasteiger partial charge in [0.25, 0.3) is 0 Å². The van der Waals surface area contributed by atoms with Gasteiger partial charge in [-0.1, -0.05) is 17.9 Å². The number of anilines is 1. The minimum atomic E-state index is -1.30. The number of benzene rings is 1. The Bertz CT molecular complexity index is 838. The van der Waals surface area contributed by atoms with Gasteiger partial charge in [0, 0.05) is 43.7 Å². The maximum atomic E-state index is 13.9. The molecule has 0 spiro atoms. The van der Waals surface area contributed by atoms with E-state index in [-0.39, 0.29) is 5.97 Å². The summed E-state index contributed by atoms with van der Waals surface area (Å²) in [4.78, 5) is 16.5.